The molecule has 6 nitrogen and oxygen atoms in total. The first-order valence-electron chi connectivity index (χ1n) is 11.3. The van der Waals surface area contributed by atoms with Crippen molar-refractivity contribution in [2.24, 2.45) is 11.8 Å². The summed E-state index contributed by atoms with van der Waals surface area (Å²) in [6, 6.07) is 1.47. The number of fused-ring (bicyclic) bond motifs is 5. The molecular weight excluding hydrogens is 343 g/mol. The lowest BCUT2D eigenvalue weighted by molar-refractivity contribution is -0.00177. The van der Waals surface area contributed by atoms with E-state index >= 15 is 0 Å². The van der Waals surface area contributed by atoms with Crippen LogP contribution in [0.4, 0.5) is 4.39 Å². The molecule has 5 aliphatic rings. The third-order valence-corrected chi connectivity index (χ3v) is 7.82. The third-order valence-electron chi connectivity index (χ3n) is 7.82. The SMILES string of the molecule is C[C@@H]1CCC2NCC(F)CC2[C@@H]2CCCN2C2CCN3NCC(NC1)C3N2. The van der Waals surface area contributed by atoms with Gasteiger partial charge in [0.2, 0.25) is 0 Å². The Hall–Kier alpha value is -0.310. The molecule has 0 spiro atoms. The van der Waals surface area contributed by atoms with Crippen molar-refractivity contribution >= 4 is 0 Å². The van der Waals surface area contributed by atoms with E-state index in [0.29, 0.717) is 48.8 Å². The molecule has 8 atom stereocenters. The van der Waals surface area contributed by atoms with Crippen LogP contribution in [0.5, 0.6) is 0 Å². The van der Waals surface area contributed by atoms with E-state index < -0.39 is 6.17 Å². The second-order valence-electron chi connectivity index (χ2n) is 9.63. The van der Waals surface area contributed by atoms with Crippen molar-refractivity contribution in [1.29, 1.82) is 0 Å². The molecule has 2 bridgehead atoms. The third kappa shape index (κ3) is 3.67. The standard InChI is InChI=1S/C20H37FN6/c1-13-4-5-16-15(9-14(21)11-23-16)18-3-2-7-26(18)19-6-8-27-20(25-19)17(12-24-27)22-10-13/h13-20,22-25H,2-12H2,1H3/t13-,14?,15?,16?,17?,18+,19?,20?/m1/s1. The number of hydrazine groups is 1. The summed E-state index contributed by atoms with van der Waals surface area (Å²) in [6.07, 6.45) is 6.91. The van der Waals surface area contributed by atoms with Crippen LogP contribution in [0.3, 0.4) is 0 Å². The van der Waals surface area contributed by atoms with E-state index in [-0.39, 0.29) is 0 Å². The fourth-order valence-electron chi connectivity index (χ4n) is 6.35. The molecule has 27 heavy (non-hydrogen) atoms. The maximum absolute atomic E-state index is 14.4. The zero-order chi connectivity index (χ0) is 18.4. The Kier molecular flexibility index (Phi) is 5.43. The van der Waals surface area contributed by atoms with E-state index in [4.69, 9.17) is 0 Å². The van der Waals surface area contributed by atoms with Crippen molar-refractivity contribution in [2.45, 2.75) is 82.1 Å². The van der Waals surface area contributed by atoms with E-state index in [1.54, 1.807) is 0 Å². The molecule has 0 aromatic carbocycles. The van der Waals surface area contributed by atoms with Gasteiger partial charge in [-0.25, -0.2) is 9.40 Å². The predicted molar refractivity (Wildman–Crippen MR) is 105 cm³/mol. The van der Waals surface area contributed by atoms with Gasteiger partial charge in [0.1, 0.15) is 6.17 Å². The number of nitrogens with zero attached hydrogens (tertiary/aromatic N) is 2. The van der Waals surface area contributed by atoms with Crippen LogP contribution in [0, 0.1) is 11.8 Å². The fourth-order valence-corrected chi connectivity index (χ4v) is 6.35. The van der Waals surface area contributed by atoms with Gasteiger partial charge in [0, 0.05) is 31.7 Å². The molecule has 0 aromatic rings. The number of halogens is 1. The van der Waals surface area contributed by atoms with Gasteiger partial charge in [-0.05, 0) is 63.5 Å². The first kappa shape index (κ1) is 18.7. The van der Waals surface area contributed by atoms with Gasteiger partial charge in [-0.2, -0.15) is 0 Å². The minimum absolute atomic E-state index is 0.368. The normalized spacial score (nSPS) is 49.6. The average molecular weight is 381 g/mol. The van der Waals surface area contributed by atoms with Gasteiger partial charge in [-0.15, -0.1) is 0 Å². The van der Waals surface area contributed by atoms with Crippen molar-refractivity contribution in [3.8, 4) is 0 Å². The second-order valence-corrected chi connectivity index (χ2v) is 9.63. The maximum Gasteiger partial charge on any atom is 0.113 e. The molecule has 0 aromatic heterocycles. The quantitative estimate of drug-likeness (QED) is 0.494. The lowest BCUT2D eigenvalue weighted by atomic mass is 9.79. The summed E-state index contributed by atoms with van der Waals surface area (Å²) in [5, 5.41) is 13.8. The highest BCUT2D eigenvalue weighted by molar-refractivity contribution is 5.01. The summed E-state index contributed by atoms with van der Waals surface area (Å²) >= 11 is 0. The van der Waals surface area contributed by atoms with Gasteiger partial charge in [-0.3, -0.25) is 15.6 Å². The van der Waals surface area contributed by atoms with E-state index in [1.165, 1.54) is 25.7 Å². The Bertz CT molecular complexity index is 521. The largest absolute Gasteiger partial charge is 0.311 e. The van der Waals surface area contributed by atoms with Gasteiger partial charge in [-0.1, -0.05) is 6.92 Å². The molecule has 5 aliphatic heterocycles. The number of nitrogens with one attached hydrogen (secondary N) is 4. The summed E-state index contributed by atoms with van der Waals surface area (Å²) < 4.78 is 14.4. The van der Waals surface area contributed by atoms with Crippen LogP contribution < -0.4 is 21.4 Å². The molecule has 5 heterocycles. The number of hydrogen-bond acceptors (Lipinski definition) is 6. The zero-order valence-corrected chi connectivity index (χ0v) is 16.7. The Morgan fingerprint density at radius 3 is 2.74 bits per heavy atom. The highest BCUT2D eigenvalue weighted by Crippen LogP contribution is 2.36. The first-order chi connectivity index (χ1) is 13.2. The molecule has 0 amide bonds. The van der Waals surface area contributed by atoms with Crippen molar-refractivity contribution in [3.05, 3.63) is 0 Å². The summed E-state index contributed by atoms with van der Waals surface area (Å²) in [4.78, 5) is 2.71. The maximum atomic E-state index is 14.4. The molecule has 154 valence electrons. The van der Waals surface area contributed by atoms with Gasteiger partial charge in [0.15, 0.2) is 0 Å². The smallest absolute Gasteiger partial charge is 0.113 e. The van der Waals surface area contributed by atoms with E-state index in [1.807, 2.05) is 0 Å². The number of piperidine rings is 1. The molecule has 4 N–H and O–H groups in total. The van der Waals surface area contributed by atoms with Crippen LogP contribution in [0.2, 0.25) is 0 Å². The van der Waals surface area contributed by atoms with Crippen LogP contribution in [0.1, 0.15) is 45.4 Å². The molecule has 7 heteroatoms. The summed E-state index contributed by atoms with van der Waals surface area (Å²) in [6.45, 7) is 7.25. The Morgan fingerprint density at radius 2 is 1.81 bits per heavy atom. The summed E-state index contributed by atoms with van der Waals surface area (Å²) in [5.74, 6) is 1.11. The van der Waals surface area contributed by atoms with Crippen molar-refractivity contribution in [3.63, 3.8) is 0 Å². The molecule has 5 rings (SSSR count). The van der Waals surface area contributed by atoms with Gasteiger partial charge in [0.25, 0.3) is 0 Å². The molecule has 0 radical (unpaired) electrons. The molecule has 5 saturated heterocycles. The highest BCUT2D eigenvalue weighted by atomic mass is 19.1. The second kappa shape index (κ2) is 7.84. The summed E-state index contributed by atoms with van der Waals surface area (Å²) in [5.41, 5.74) is 3.58. The van der Waals surface area contributed by atoms with Crippen LogP contribution in [-0.4, -0.2) is 79.3 Å². The lowest BCUT2D eigenvalue weighted by Crippen LogP contribution is -2.66. The van der Waals surface area contributed by atoms with Crippen LogP contribution in [0.25, 0.3) is 0 Å². The van der Waals surface area contributed by atoms with E-state index in [2.05, 4.69) is 38.2 Å². The summed E-state index contributed by atoms with van der Waals surface area (Å²) in [7, 11) is 0. The van der Waals surface area contributed by atoms with Crippen molar-refractivity contribution < 1.29 is 4.39 Å². The van der Waals surface area contributed by atoms with Gasteiger partial charge >= 0.3 is 0 Å². The minimum atomic E-state index is -0.679. The predicted octanol–water partition coefficient (Wildman–Crippen LogP) is 0.621. The average Bonchev–Trinajstić information content (AvgIpc) is 3.31. The van der Waals surface area contributed by atoms with Gasteiger partial charge < -0.3 is 10.6 Å². The first-order valence-corrected chi connectivity index (χ1v) is 11.3. The lowest BCUT2D eigenvalue weighted by Gasteiger charge is -2.47. The van der Waals surface area contributed by atoms with Gasteiger partial charge in [0.05, 0.1) is 18.4 Å². The highest BCUT2D eigenvalue weighted by Gasteiger charge is 2.46. The molecule has 0 aliphatic carbocycles. The van der Waals surface area contributed by atoms with Crippen LogP contribution in [0.15, 0.2) is 0 Å². The Morgan fingerprint density at radius 1 is 0.926 bits per heavy atom. The van der Waals surface area contributed by atoms with Crippen molar-refractivity contribution in [2.75, 3.05) is 32.7 Å². The number of rotatable bonds is 0. The van der Waals surface area contributed by atoms with Crippen LogP contribution >= 0.6 is 0 Å². The van der Waals surface area contributed by atoms with E-state index in [9.17, 15) is 4.39 Å². The Balaban J connectivity index is 1.41. The zero-order valence-electron chi connectivity index (χ0n) is 16.7. The fraction of sp³-hybridized carbons (Fsp3) is 1.00. The number of hydrogen-bond donors (Lipinski definition) is 4. The van der Waals surface area contributed by atoms with Crippen LogP contribution in [-0.2, 0) is 0 Å². The van der Waals surface area contributed by atoms with E-state index in [0.717, 1.165) is 39.0 Å². The molecule has 5 fully saturated rings. The van der Waals surface area contributed by atoms with Crippen molar-refractivity contribution in [1.82, 2.24) is 31.3 Å². The molecular formula is C20H37FN6. The molecule has 0 saturated carbocycles. The molecule has 6 unspecified atom stereocenters. The monoisotopic (exact) mass is 380 g/mol. The Labute approximate surface area is 162 Å². The number of alkyl halides is 1. The topological polar surface area (TPSA) is 54.6 Å². The minimum Gasteiger partial charge on any atom is -0.311 e.